The summed E-state index contributed by atoms with van der Waals surface area (Å²) in [5.74, 6) is 0.344. The van der Waals surface area contributed by atoms with Crippen LogP contribution in [0.5, 0.6) is 0 Å². The highest BCUT2D eigenvalue weighted by atomic mass is 32.1. The summed E-state index contributed by atoms with van der Waals surface area (Å²) in [4.78, 5) is 1.14. The Labute approximate surface area is 112 Å². The van der Waals surface area contributed by atoms with Crippen LogP contribution < -0.4 is 0 Å². The molecule has 2 rings (SSSR count). The van der Waals surface area contributed by atoms with Crippen molar-refractivity contribution in [3.8, 4) is 0 Å². The average molecular weight is 271 g/mol. The van der Waals surface area contributed by atoms with Crippen molar-refractivity contribution in [3.63, 3.8) is 0 Å². The summed E-state index contributed by atoms with van der Waals surface area (Å²) in [5, 5.41) is 2.81. The Hall–Kier alpha value is -0.410. The third kappa shape index (κ3) is 2.89. The predicted octanol–water partition coefficient (Wildman–Crippen LogP) is 5.86. The zero-order valence-electron chi connectivity index (χ0n) is 11.4. The van der Waals surface area contributed by atoms with Crippen LogP contribution in [0.25, 0.3) is 10.1 Å². The van der Waals surface area contributed by atoms with Gasteiger partial charge in [0.15, 0.2) is 0 Å². The molecular formula is C14H19FS2. The first-order valence-electron chi connectivity index (χ1n) is 6.82. The fraction of sp³-hybridized carbons (Fsp3) is 0.571. The van der Waals surface area contributed by atoms with Crippen molar-refractivity contribution in [2.24, 2.45) is 5.92 Å². The lowest BCUT2D eigenvalue weighted by atomic mass is 9.94. The van der Waals surface area contributed by atoms with Gasteiger partial charge in [-0.15, -0.1) is 22.7 Å². The zero-order valence-corrected chi connectivity index (χ0v) is 12.0. The van der Waals surface area contributed by atoms with Crippen LogP contribution in [0.2, 0.25) is 0 Å². The second-order valence-electron chi connectivity index (χ2n) is 4.54. The standard InChI is InChI=1S/C14H19FS2/c1-3-5-6-10(4-2)7-12-14-11(15)8-16-13(14)9-17-12/h8-10H,3-7H2,1-2H3/i8D. The molecule has 0 saturated heterocycles. The molecule has 0 aromatic carbocycles. The van der Waals surface area contributed by atoms with Gasteiger partial charge in [-0.2, -0.15) is 0 Å². The minimum atomic E-state index is -0.309. The highest BCUT2D eigenvalue weighted by Crippen LogP contribution is 2.35. The lowest BCUT2D eigenvalue weighted by Gasteiger charge is -2.13. The van der Waals surface area contributed by atoms with Crippen molar-refractivity contribution in [1.29, 1.82) is 0 Å². The van der Waals surface area contributed by atoms with Gasteiger partial charge in [0.25, 0.3) is 0 Å². The topological polar surface area (TPSA) is 0 Å². The van der Waals surface area contributed by atoms with Crippen molar-refractivity contribution >= 4 is 32.8 Å². The van der Waals surface area contributed by atoms with Gasteiger partial charge in [-0.05, 0) is 12.3 Å². The minimum absolute atomic E-state index is 0.0793. The van der Waals surface area contributed by atoms with Crippen molar-refractivity contribution in [2.45, 2.75) is 46.0 Å². The van der Waals surface area contributed by atoms with Gasteiger partial charge in [-0.25, -0.2) is 4.39 Å². The van der Waals surface area contributed by atoms with Gasteiger partial charge in [-0.3, -0.25) is 0 Å². The summed E-state index contributed by atoms with van der Waals surface area (Å²) in [6.45, 7) is 4.42. The monoisotopic (exact) mass is 271 g/mol. The normalized spacial score (nSPS) is 14.2. The van der Waals surface area contributed by atoms with E-state index >= 15 is 0 Å². The highest BCUT2D eigenvalue weighted by molar-refractivity contribution is 7.22. The largest absolute Gasteiger partial charge is 0.205 e. The smallest absolute Gasteiger partial charge is 0.142 e. The molecule has 0 N–H and O–H groups in total. The number of fused-ring (bicyclic) bond motifs is 1. The Morgan fingerprint density at radius 3 is 2.94 bits per heavy atom. The Bertz CT molecular complexity index is 515. The molecule has 0 bridgehead atoms. The van der Waals surface area contributed by atoms with Crippen LogP contribution in [-0.2, 0) is 6.42 Å². The quantitative estimate of drug-likeness (QED) is 0.617. The van der Waals surface area contributed by atoms with Gasteiger partial charge in [0, 0.05) is 25.7 Å². The first-order chi connectivity index (χ1) is 8.67. The molecule has 0 amide bonds. The molecule has 17 heavy (non-hydrogen) atoms. The summed E-state index contributed by atoms with van der Waals surface area (Å²) in [7, 11) is 0. The maximum absolute atomic E-state index is 13.9. The van der Waals surface area contributed by atoms with Gasteiger partial charge in [-0.1, -0.05) is 39.5 Å². The van der Waals surface area contributed by atoms with E-state index in [1.165, 1.54) is 30.6 Å². The molecular weight excluding hydrogens is 251 g/mol. The number of hydrogen-bond donors (Lipinski definition) is 0. The maximum Gasteiger partial charge on any atom is 0.142 e. The van der Waals surface area contributed by atoms with E-state index in [9.17, 15) is 4.39 Å². The molecule has 0 aliphatic rings. The van der Waals surface area contributed by atoms with Crippen molar-refractivity contribution in [3.05, 3.63) is 21.4 Å². The summed E-state index contributed by atoms with van der Waals surface area (Å²) < 4.78 is 22.4. The maximum atomic E-state index is 13.9. The van der Waals surface area contributed by atoms with Crippen molar-refractivity contribution < 1.29 is 5.76 Å². The van der Waals surface area contributed by atoms with E-state index in [-0.39, 0.29) is 11.2 Å². The van der Waals surface area contributed by atoms with Crippen LogP contribution in [0, 0.1) is 11.7 Å². The third-order valence-corrected chi connectivity index (χ3v) is 5.30. The molecule has 0 radical (unpaired) electrons. The Morgan fingerprint density at radius 2 is 2.24 bits per heavy atom. The second-order valence-corrected chi connectivity index (χ2v) is 6.35. The van der Waals surface area contributed by atoms with Crippen LogP contribution in [0.3, 0.4) is 0 Å². The molecule has 1 unspecified atom stereocenters. The molecule has 3 heteroatoms. The molecule has 0 saturated carbocycles. The highest BCUT2D eigenvalue weighted by Gasteiger charge is 2.15. The van der Waals surface area contributed by atoms with Gasteiger partial charge >= 0.3 is 0 Å². The van der Waals surface area contributed by atoms with E-state index < -0.39 is 0 Å². The van der Waals surface area contributed by atoms with Crippen molar-refractivity contribution in [2.75, 3.05) is 0 Å². The number of rotatable bonds is 6. The minimum Gasteiger partial charge on any atom is -0.205 e. The van der Waals surface area contributed by atoms with Gasteiger partial charge < -0.3 is 0 Å². The SMILES string of the molecule is [2H]c1sc2csc(CC(CC)CCCC)c2c1F. The van der Waals surface area contributed by atoms with E-state index in [0.717, 1.165) is 27.8 Å². The molecule has 0 aliphatic carbocycles. The molecule has 2 aromatic rings. The summed E-state index contributed by atoms with van der Waals surface area (Å²) in [5.41, 5.74) is 0. The van der Waals surface area contributed by atoms with E-state index in [2.05, 4.69) is 13.8 Å². The Balaban J connectivity index is 2.20. The average Bonchev–Trinajstić information content (AvgIpc) is 2.87. The summed E-state index contributed by atoms with van der Waals surface area (Å²) in [6.07, 6.45) is 5.82. The zero-order chi connectivity index (χ0) is 13.1. The Kier molecular flexibility index (Phi) is 4.09. The predicted molar refractivity (Wildman–Crippen MR) is 76.7 cm³/mol. The summed E-state index contributed by atoms with van der Waals surface area (Å²) in [6, 6.07) is 0. The first-order valence-corrected chi connectivity index (χ1v) is 8.01. The molecule has 0 aliphatic heterocycles. The number of unbranched alkanes of at least 4 members (excludes halogenated alkanes) is 1. The van der Waals surface area contributed by atoms with E-state index in [1.54, 1.807) is 11.3 Å². The molecule has 1 atom stereocenters. The third-order valence-electron chi connectivity index (χ3n) is 3.32. The number of hydrogen-bond acceptors (Lipinski definition) is 2. The van der Waals surface area contributed by atoms with Gasteiger partial charge in [0.1, 0.15) is 5.82 Å². The number of thiophene rings is 2. The van der Waals surface area contributed by atoms with Crippen LogP contribution in [-0.4, -0.2) is 0 Å². The first kappa shape index (κ1) is 11.7. The fourth-order valence-electron chi connectivity index (χ4n) is 2.19. The molecule has 0 fully saturated rings. The van der Waals surface area contributed by atoms with E-state index in [0.29, 0.717) is 5.92 Å². The molecule has 94 valence electrons. The lowest BCUT2D eigenvalue weighted by Crippen LogP contribution is -2.02. The van der Waals surface area contributed by atoms with Crippen LogP contribution in [0.4, 0.5) is 4.39 Å². The second kappa shape index (κ2) is 5.96. The van der Waals surface area contributed by atoms with Gasteiger partial charge in [0.05, 0.1) is 1.37 Å². The molecule has 2 heterocycles. The van der Waals surface area contributed by atoms with Crippen molar-refractivity contribution in [1.82, 2.24) is 0 Å². The summed E-state index contributed by atoms with van der Waals surface area (Å²) >= 11 is 2.91. The van der Waals surface area contributed by atoms with Crippen LogP contribution in [0.1, 0.15) is 45.8 Å². The van der Waals surface area contributed by atoms with Crippen LogP contribution in [0.15, 0.2) is 10.7 Å². The molecule has 0 spiro atoms. The van der Waals surface area contributed by atoms with E-state index in [4.69, 9.17) is 1.37 Å². The van der Waals surface area contributed by atoms with Crippen LogP contribution >= 0.6 is 22.7 Å². The van der Waals surface area contributed by atoms with Gasteiger partial charge in [0.2, 0.25) is 0 Å². The number of halogens is 1. The van der Waals surface area contributed by atoms with E-state index in [1.807, 2.05) is 5.38 Å². The molecule has 2 aromatic heterocycles. The Morgan fingerprint density at radius 1 is 1.41 bits per heavy atom. The lowest BCUT2D eigenvalue weighted by molar-refractivity contribution is 0.452. The fourth-order valence-corrected chi connectivity index (χ4v) is 4.23. The molecule has 0 nitrogen and oxygen atoms in total.